The Kier molecular flexibility index (Phi) is 1.63. The van der Waals surface area contributed by atoms with E-state index in [-0.39, 0.29) is 6.10 Å². The Balaban J connectivity index is 0.000000605. The Morgan fingerprint density at radius 1 is 1.36 bits per heavy atom. The maximum atomic E-state index is 9.87. The van der Waals surface area contributed by atoms with Gasteiger partial charge in [-0.1, -0.05) is 18.6 Å². The van der Waals surface area contributed by atoms with Gasteiger partial charge in [-0.15, -0.1) is 0 Å². The van der Waals surface area contributed by atoms with Crippen LogP contribution in [-0.2, 0) is 9.53 Å². The number of hydrogen-bond donors (Lipinski definition) is 0. The molecule has 2 nitrogen and oxygen atoms in total. The fourth-order valence-electron chi connectivity index (χ4n) is 1.93. The zero-order valence-corrected chi connectivity index (χ0v) is 12.7. The molecular weight excluding hydrogens is 395 g/mol. The molecular formula is C8H9O2Rf-. The van der Waals surface area contributed by atoms with Gasteiger partial charge >= 0.3 is 0 Å². The Morgan fingerprint density at radius 2 is 2.18 bits per heavy atom. The Hall–Kier alpha value is -1.79. The van der Waals surface area contributed by atoms with E-state index >= 15 is 0 Å². The van der Waals surface area contributed by atoms with E-state index in [1.54, 1.807) is 0 Å². The second-order valence-corrected chi connectivity index (χ2v) is 3.02. The molecule has 0 amide bonds. The number of carbonyl (C=O) groups excluding carboxylic acids is 1. The molecule has 3 heteroatoms. The van der Waals surface area contributed by atoms with Crippen molar-refractivity contribution in [2.24, 2.45) is 11.8 Å². The van der Waals surface area contributed by atoms with Crippen LogP contribution in [0.3, 0.4) is 0 Å². The maximum absolute atomic E-state index is 9.87. The number of ether oxygens (including phenoxy) is 1. The first-order valence-electron chi connectivity index (χ1n) is 3.61. The van der Waals surface area contributed by atoms with E-state index in [9.17, 15) is 4.79 Å². The molecule has 0 aromatic heterocycles. The van der Waals surface area contributed by atoms with Crippen molar-refractivity contribution in [3.8, 4) is 0 Å². The molecule has 2 rings (SSSR count). The average Bonchev–Trinajstić information content (AvgIpc) is 2.48. The van der Waals surface area contributed by atoms with E-state index in [2.05, 4.69) is 12.2 Å². The summed E-state index contributed by atoms with van der Waals surface area (Å²) in [7, 11) is 0. The molecule has 2 bridgehead atoms. The van der Waals surface area contributed by atoms with Crippen LogP contribution in [0.15, 0.2) is 12.2 Å². The van der Waals surface area contributed by atoms with Crippen molar-refractivity contribution in [3.63, 3.8) is 0 Å². The van der Waals surface area contributed by atoms with E-state index in [4.69, 9.17) is 4.74 Å². The van der Waals surface area contributed by atoms with Gasteiger partial charge in [-0.05, 0) is 18.8 Å². The maximum Gasteiger partial charge on any atom is 0.0666 e. The summed E-state index contributed by atoms with van der Waals surface area (Å²) in [6, 6.07) is 0. The van der Waals surface area contributed by atoms with Crippen LogP contribution in [0.25, 0.3) is 0 Å². The van der Waals surface area contributed by atoms with Crippen LogP contribution in [0, 0.1) is 11.8 Å². The van der Waals surface area contributed by atoms with Crippen LogP contribution in [-0.4, -0.2) is 12.6 Å². The first kappa shape index (κ1) is 7.32. The zero-order chi connectivity index (χ0) is 6.97. The minimum Gasteiger partial charge on any atom is -0.650 e. The predicted molar refractivity (Wildman–Crippen MR) is 35.9 cm³/mol. The average molecular weight is 404 g/mol. The van der Waals surface area contributed by atoms with Gasteiger partial charge in [0.15, 0.2) is 0 Å². The van der Waals surface area contributed by atoms with Crippen LogP contribution in [0.4, 0.5) is 0 Å². The molecule has 0 saturated heterocycles. The third-order valence-corrected chi connectivity index (χ3v) is 2.42. The summed E-state index contributed by atoms with van der Waals surface area (Å²) in [5.74, 6) is 1.16. The van der Waals surface area contributed by atoms with Crippen molar-refractivity contribution in [2.75, 3.05) is 0 Å². The topological polar surface area (TPSA) is 26.3 Å². The van der Waals surface area contributed by atoms with E-state index < -0.39 is 0 Å². The molecule has 0 radical (unpaired) electrons. The van der Waals surface area contributed by atoms with E-state index in [1.165, 1.54) is 12.9 Å². The normalized spacial score (nSPS) is 38.4. The van der Waals surface area contributed by atoms with Crippen LogP contribution in [0.1, 0.15) is 12.8 Å². The molecule has 3 unspecified atom stereocenters. The first-order valence-corrected chi connectivity index (χ1v) is 3.61. The predicted octanol–water partition coefficient (Wildman–Crippen LogP) is 1.03. The molecule has 1 saturated carbocycles. The van der Waals surface area contributed by atoms with Crippen LogP contribution in [0.5, 0.6) is 0 Å². The summed E-state index contributed by atoms with van der Waals surface area (Å²) >= 11 is 0. The summed E-state index contributed by atoms with van der Waals surface area (Å²) in [6.45, 7) is 1.51. The number of allylic oxidation sites excluding steroid dienone is 1. The zero-order valence-electron chi connectivity index (χ0n) is 6.32. The van der Waals surface area contributed by atoms with E-state index in [0.717, 1.165) is 6.42 Å². The number of hydrogen-bond acceptors (Lipinski definition) is 2. The smallest absolute Gasteiger partial charge is 0.0666 e. The van der Waals surface area contributed by atoms with Crippen LogP contribution < -0.4 is 0 Å². The monoisotopic (exact) mass is 404 g/mol. The molecule has 1 fully saturated rings. The number of rotatable bonds is 2. The Labute approximate surface area is 59.9 Å². The van der Waals surface area contributed by atoms with Crippen LogP contribution in [0.2, 0.25) is 0 Å². The van der Waals surface area contributed by atoms with Gasteiger partial charge in [0.05, 0.1) is 6.10 Å². The molecule has 56 valence electrons. The van der Waals surface area contributed by atoms with E-state index in [1.807, 2.05) is 0 Å². The van der Waals surface area contributed by atoms with Crippen molar-refractivity contribution < 1.29 is 9.53 Å². The molecule has 0 aromatic rings. The van der Waals surface area contributed by atoms with Crippen molar-refractivity contribution >= 4 is 6.47 Å². The van der Waals surface area contributed by atoms with Gasteiger partial charge in [-0.25, -0.2) is 0 Å². The molecule has 11 heavy (non-hydrogen) atoms. The first-order chi connectivity index (χ1) is 4.90. The summed E-state index contributed by atoms with van der Waals surface area (Å²) in [6.07, 6.45) is 6.68. The summed E-state index contributed by atoms with van der Waals surface area (Å²) in [5.41, 5.74) is 0. The molecule has 0 spiro atoms. The second-order valence-electron chi connectivity index (χ2n) is 3.02. The van der Waals surface area contributed by atoms with Gasteiger partial charge in [0.2, 0.25) is 0 Å². The number of fused-ring (bicyclic) bond motifs is 2. The van der Waals surface area contributed by atoms with Crippen molar-refractivity contribution in [2.45, 2.75) is 18.9 Å². The standard InChI is InChI=1S/C8H9O2.Rf/c9-5-10-8-4-6-1-2-7(8)3-6;/h1-2,6-8H,3-4H2;/q-1;. The largest absolute Gasteiger partial charge is 0.650 e. The quantitative estimate of drug-likeness (QED) is 0.508. The second kappa shape index (κ2) is 2.45. The van der Waals surface area contributed by atoms with Crippen LogP contribution >= 0.6 is 0 Å². The third kappa shape index (κ3) is 0.955. The van der Waals surface area contributed by atoms with Gasteiger partial charge in [-0.3, -0.25) is 0 Å². The van der Waals surface area contributed by atoms with Gasteiger partial charge < -0.3 is 9.53 Å². The van der Waals surface area contributed by atoms with Crippen molar-refractivity contribution in [3.05, 3.63) is 12.2 Å². The molecule has 0 aromatic carbocycles. The molecule has 0 N–H and O–H groups in total. The minimum atomic E-state index is 0. The van der Waals surface area contributed by atoms with Gasteiger partial charge in [0.25, 0.3) is 0 Å². The summed E-state index contributed by atoms with van der Waals surface area (Å²) in [4.78, 5) is 9.87. The fraction of sp³-hybridized carbons (Fsp3) is 0.625. The van der Waals surface area contributed by atoms with Gasteiger partial charge in [0.1, 0.15) is 0 Å². The third-order valence-electron chi connectivity index (χ3n) is 2.42. The molecule has 2 aliphatic carbocycles. The molecule has 3 atom stereocenters. The van der Waals surface area contributed by atoms with E-state index in [0.29, 0.717) is 11.8 Å². The summed E-state index contributed by atoms with van der Waals surface area (Å²) < 4.78 is 4.78. The van der Waals surface area contributed by atoms with Crippen molar-refractivity contribution in [1.82, 2.24) is 0 Å². The molecule has 2 aliphatic rings. The SMILES string of the molecule is O=[C-]OC1CC2C=CC1C2.[Rf]. The minimum absolute atomic E-state index is 0. The van der Waals surface area contributed by atoms with Gasteiger partial charge in [-0.2, -0.15) is 0 Å². The van der Waals surface area contributed by atoms with Crippen molar-refractivity contribution in [1.29, 1.82) is 0 Å². The van der Waals surface area contributed by atoms with Gasteiger partial charge in [0, 0.05) is 5.92 Å². The Bertz CT molecular complexity index is 179. The molecule has 0 aliphatic heterocycles. The summed E-state index contributed by atoms with van der Waals surface area (Å²) in [5, 5.41) is 0. The Morgan fingerprint density at radius 3 is 2.64 bits per heavy atom. The molecule has 0 heterocycles. The fourth-order valence-corrected chi connectivity index (χ4v) is 1.93.